The largest absolute Gasteiger partial charge is 0.573 e. The summed E-state index contributed by atoms with van der Waals surface area (Å²) in [6.45, 7) is 1.39. The van der Waals surface area contributed by atoms with Gasteiger partial charge in [0.1, 0.15) is 17.3 Å². The molecular formula is C18H17F3N4O2. The number of pyridine rings is 1. The first kappa shape index (κ1) is 17.6. The highest BCUT2D eigenvalue weighted by molar-refractivity contribution is 5.94. The Hall–Kier alpha value is -2.81. The van der Waals surface area contributed by atoms with E-state index >= 15 is 0 Å². The summed E-state index contributed by atoms with van der Waals surface area (Å²) in [6, 6.07) is 7.68. The Morgan fingerprint density at radius 3 is 2.67 bits per heavy atom. The number of nitrogens with zero attached hydrogens (tertiary/aromatic N) is 3. The number of piperidine rings is 1. The summed E-state index contributed by atoms with van der Waals surface area (Å²) in [5, 5.41) is 17.3. The smallest absolute Gasteiger partial charge is 0.406 e. The fraction of sp³-hybridized carbons (Fsp3) is 0.333. The number of aromatic amines is 1. The van der Waals surface area contributed by atoms with E-state index in [2.05, 4.69) is 24.8 Å². The van der Waals surface area contributed by atoms with Gasteiger partial charge in [0.15, 0.2) is 0 Å². The monoisotopic (exact) mass is 378 g/mol. The maximum Gasteiger partial charge on any atom is 0.573 e. The van der Waals surface area contributed by atoms with Crippen molar-refractivity contribution in [2.24, 2.45) is 0 Å². The van der Waals surface area contributed by atoms with E-state index < -0.39 is 6.36 Å². The molecule has 1 saturated heterocycles. The Balaban J connectivity index is 1.67. The van der Waals surface area contributed by atoms with Crippen molar-refractivity contribution < 1.29 is 23.0 Å². The second-order valence-electron chi connectivity index (χ2n) is 6.45. The number of fused-ring (bicyclic) bond motifs is 1. The quantitative estimate of drug-likeness (QED) is 0.730. The summed E-state index contributed by atoms with van der Waals surface area (Å²) in [6.07, 6.45) is -2.04. The predicted molar refractivity (Wildman–Crippen MR) is 93.5 cm³/mol. The number of nitrogens with one attached hydrogen (secondary N) is 1. The van der Waals surface area contributed by atoms with Crippen molar-refractivity contribution in [3.05, 3.63) is 36.5 Å². The molecule has 142 valence electrons. The van der Waals surface area contributed by atoms with Crippen LogP contribution in [0.25, 0.3) is 22.2 Å². The molecule has 0 amide bonds. The Labute approximate surface area is 152 Å². The number of ether oxygens (including phenoxy) is 1. The van der Waals surface area contributed by atoms with Crippen molar-refractivity contribution in [1.82, 2.24) is 15.2 Å². The highest BCUT2D eigenvalue weighted by atomic mass is 19.4. The van der Waals surface area contributed by atoms with Crippen LogP contribution < -0.4 is 9.64 Å². The molecule has 1 aromatic carbocycles. The molecule has 6 nitrogen and oxygen atoms in total. The minimum atomic E-state index is -4.75. The first-order chi connectivity index (χ1) is 12.9. The second kappa shape index (κ2) is 6.73. The van der Waals surface area contributed by atoms with E-state index in [4.69, 9.17) is 0 Å². The second-order valence-corrected chi connectivity index (χ2v) is 6.45. The van der Waals surface area contributed by atoms with Gasteiger partial charge in [0.05, 0.1) is 11.6 Å². The minimum absolute atomic E-state index is 0.285. The molecule has 2 N–H and O–H groups in total. The molecule has 0 aliphatic carbocycles. The number of halogens is 3. The summed E-state index contributed by atoms with van der Waals surface area (Å²) in [5.74, 6) is 0.454. The lowest BCUT2D eigenvalue weighted by molar-refractivity contribution is -0.274. The molecule has 4 rings (SSSR count). The average Bonchev–Trinajstić information content (AvgIpc) is 3.04. The summed E-state index contributed by atoms with van der Waals surface area (Å²) in [7, 11) is 0. The molecule has 1 aliphatic heterocycles. The van der Waals surface area contributed by atoms with E-state index in [1.54, 1.807) is 12.3 Å². The normalized spacial score (nSPS) is 16.1. The van der Waals surface area contributed by atoms with Crippen LogP contribution in [0.1, 0.15) is 12.8 Å². The van der Waals surface area contributed by atoms with Crippen molar-refractivity contribution in [1.29, 1.82) is 0 Å². The van der Waals surface area contributed by atoms with Gasteiger partial charge in [-0.2, -0.15) is 5.10 Å². The Morgan fingerprint density at radius 1 is 1.15 bits per heavy atom. The van der Waals surface area contributed by atoms with Crippen molar-refractivity contribution >= 4 is 16.7 Å². The van der Waals surface area contributed by atoms with E-state index in [0.29, 0.717) is 42.5 Å². The Bertz CT molecular complexity index is 949. The number of anilines is 1. The van der Waals surface area contributed by atoms with Crippen LogP contribution in [0.15, 0.2) is 36.5 Å². The first-order valence-corrected chi connectivity index (χ1v) is 8.52. The van der Waals surface area contributed by atoms with Crippen LogP contribution in [0.4, 0.5) is 19.0 Å². The van der Waals surface area contributed by atoms with Crippen molar-refractivity contribution in [3.8, 4) is 17.0 Å². The molecule has 0 saturated carbocycles. The van der Waals surface area contributed by atoms with Crippen LogP contribution in [-0.4, -0.2) is 45.8 Å². The van der Waals surface area contributed by atoms with Crippen LogP contribution in [0.3, 0.4) is 0 Å². The minimum Gasteiger partial charge on any atom is -0.406 e. The van der Waals surface area contributed by atoms with Crippen LogP contribution in [0, 0.1) is 0 Å². The van der Waals surface area contributed by atoms with Gasteiger partial charge in [0.2, 0.25) is 0 Å². The van der Waals surface area contributed by atoms with Crippen molar-refractivity contribution in [3.63, 3.8) is 0 Å². The van der Waals surface area contributed by atoms with Gasteiger partial charge < -0.3 is 14.7 Å². The van der Waals surface area contributed by atoms with Crippen LogP contribution in [-0.2, 0) is 0 Å². The molecule has 1 fully saturated rings. The number of aliphatic hydroxyl groups is 1. The zero-order valence-electron chi connectivity index (χ0n) is 14.2. The van der Waals surface area contributed by atoms with Gasteiger partial charge in [-0.05, 0) is 43.2 Å². The van der Waals surface area contributed by atoms with Crippen molar-refractivity contribution in [2.75, 3.05) is 18.0 Å². The Morgan fingerprint density at radius 2 is 1.93 bits per heavy atom. The molecule has 0 unspecified atom stereocenters. The molecule has 0 spiro atoms. The van der Waals surface area contributed by atoms with Gasteiger partial charge in [-0.1, -0.05) is 0 Å². The third kappa shape index (κ3) is 3.82. The summed E-state index contributed by atoms with van der Waals surface area (Å²) in [4.78, 5) is 6.45. The third-order valence-corrected chi connectivity index (χ3v) is 4.58. The topological polar surface area (TPSA) is 74.3 Å². The van der Waals surface area contributed by atoms with Crippen molar-refractivity contribution in [2.45, 2.75) is 25.3 Å². The van der Waals surface area contributed by atoms with Gasteiger partial charge in [0, 0.05) is 30.2 Å². The van der Waals surface area contributed by atoms with Gasteiger partial charge >= 0.3 is 6.36 Å². The maximum absolute atomic E-state index is 12.5. The molecule has 0 radical (unpaired) electrons. The number of aliphatic hydroxyl groups excluding tert-OH is 1. The molecule has 3 heterocycles. The van der Waals surface area contributed by atoms with Crippen LogP contribution in [0.2, 0.25) is 0 Å². The van der Waals surface area contributed by atoms with E-state index in [1.165, 1.54) is 18.2 Å². The highest BCUT2D eigenvalue weighted by Crippen LogP contribution is 2.32. The molecule has 27 heavy (non-hydrogen) atoms. The number of hydrogen-bond acceptors (Lipinski definition) is 5. The highest BCUT2D eigenvalue weighted by Gasteiger charge is 2.31. The van der Waals surface area contributed by atoms with Crippen LogP contribution in [0.5, 0.6) is 5.75 Å². The SMILES string of the molecule is OC1CCN(c2cc(-c3n[nH]c4ccc(OC(F)(F)F)cc34)ccn2)CC1. The Kier molecular flexibility index (Phi) is 4.39. The average molecular weight is 378 g/mol. The zero-order valence-corrected chi connectivity index (χ0v) is 14.2. The van der Waals surface area contributed by atoms with Gasteiger partial charge in [0.25, 0.3) is 0 Å². The molecule has 1 aliphatic rings. The third-order valence-electron chi connectivity index (χ3n) is 4.58. The first-order valence-electron chi connectivity index (χ1n) is 8.52. The van der Waals surface area contributed by atoms with E-state index in [1.807, 2.05) is 6.07 Å². The molecular weight excluding hydrogens is 361 g/mol. The molecule has 2 aromatic heterocycles. The number of H-pyrrole nitrogens is 1. The molecule has 0 atom stereocenters. The summed E-state index contributed by atoms with van der Waals surface area (Å²) < 4.78 is 41.5. The fourth-order valence-electron chi connectivity index (χ4n) is 3.24. The van der Waals surface area contributed by atoms with E-state index in [9.17, 15) is 18.3 Å². The predicted octanol–water partition coefficient (Wildman–Crippen LogP) is 3.48. The fourth-order valence-corrected chi connectivity index (χ4v) is 3.24. The number of hydrogen-bond donors (Lipinski definition) is 2. The zero-order chi connectivity index (χ0) is 19.0. The number of benzene rings is 1. The lowest BCUT2D eigenvalue weighted by atomic mass is 10.1. The van der Waals surface area contributed by atoms with Gasteiger partial charge in [-0.3, -0.25) is 5.10 Å². The molecule has 0 bridgehead atoms. The summed E-state index contributed by atoms with van der Waals surface area (Å²) in [5.41, 5.74) is 1.87. The maximum atomic E-state index is 12.5. The van der Waals surface area contributed by atoms with Gasteiger partial charge in [-0.15, -0.1) is 13.2 Å². The van der Waals surface area contributed by atoms with E-state index in [-0.39, 0.29) is 11.9 Å². The lowest BCUT2D eigenvalue weighted by Crippen LogP contribution is -2.36. The number of rotatable bonds is 3. The number of alkyl halides is 3. The van der Waals surface area contributed by atoms with Crippen LogP contribution >= 0.6 is 0 Å². The van der Waals surface area contributed by atoms with Gasteiger partial charge in [-0.25, -0.2) is 4.98 Å². The molecule has 9 heteroatoms. The molecule has 3 aromatic rings. The van der Waals surface area contributed by atoms with E-state index in [0.717, 1.165) is 11.4 Å². The standard InChI is InChI=1S/C18H17F3N4O2/c19-18(20,21)27-13-1-2-15-14(10-13)17(24-23-15)11-3-6-22-16(9-11)25-7-4-12(26)5-8-25/h1-3,6,9-10,12,26H,4-5,7-8H2,(H,23,24). The summed E-state index contributed by atoms with van der Waals surface area (Å²) >= 11 is 0. The lowest BCUT2D eigenvalue weighted by Gasteiger charge is -2.30. The number of aromatic nitrogens is 3.